The Morgan fingerprint density at radius 3 is 2.52 bits per heavy atom. The fraction of sp³-hybridized carbons (Fsp3) is 0.174. The Labute approximate surface area is 167 Å². The van der Waals surface area contributed by atoms with Gasteiger partial charge in [0.25, 0.3) is 5.78 Å². The molecule has 4 rings (SSSR count). The van der Waals surface area contributed by atoms with E-state index in [9.17, 15) is 14.4 Å². The maximum absolute atomic E-state index is 12.6. The molecule has 0 radical (unpaired) electrons. The van der Waals surface area contributed by atoms with Gasteiger partial charge in [-0.05, 0) is 47.5 Å². The van der Waals surface area contributed by atoms with Crippen molar-refractivity contribution < 1.29 is 23.9 Å². The van der Waals surface area contributed by atoms with E-state index in [4.69, 9.17) is 9.47 Å². The van der Waals surface area contributed by atoms with Gasteiger partial charge in [-0.2, -0.15) is 0 Å². The third-order valence-corrected chi connectivity index (χ3v) is 5.14. The van der Waals surface area contributed by atoms with E-state index >= 15 is 0 Å². The van der Waals surface area contributed by atoms with Gasteiger partial charge in [-0.3, -0.25) is 19.3 Å². The lowest BCUT2D eigenvalue weighted by Crippen LogP contribution is -2.33. The largest absolute Gasteiger partial charge is 0.497 e. The predicted octanol–water partition coefficient (Wildman–Crippen LogP) is 3.68. The predicted molar refractivity (Wildman–Crippen MR) is 108 cm³/mol. The minimum atomic E-state index is -0.689. The van der Waals surface area contributed by atoms with Crippen LogP contribution in [-0.4, -0.2) is 31.5 Å². The van der Waals surface area contributed by atoms with E-state index in [1.165, 1.54) is 4.90 Å². The number of carbonyl (C=O) groups is 3. The number of para-hydroxylation sites is 1. The summed E-state index contributed by atoms with van der Waals surface area (Å²) in [6.45, 7) is 1.45. The van der Waals surface area contributed by atoms with Gasteiger partial charge in [-0.15, -0.1) is 0 Å². The molecule has 0 aliphatic carbocycles. The molecule has 1 amide bonds. The number of nitrogens with zero attached hydrogens (tertiary/aromatic N) is 1. The Kier molecular flexibility index (Phi) is 4.76. The number of hydrogen-bond acceptors (Lipinski definition) is 5. The van der Waals surface area contributed by atoms with Crippen LogP contribution in [0, 0.1) is 0 Å². The lowest BCUT2D eigenvalue weighted by molar-refractivity contribution is -0.145. The maximum atomic E-state index is 12.6. The third kappa shape index (κ3) is 3.33. The van der Waals surface area contributed by atoms with Gasteiger partial charge in [0.2, 0.25) is 0 Å². The average Bonchev–Trinajstić information content (AvgIpc) is 3.00. The van der Waals surface area contributed by atoms with Gasteiger partial charge in [0.1, 0.15) is 5.75 Å². The highest BCUT2D eigenvalue weighted by molar-refractivity contribution is 6.52. The summed E-state index contributed by atoms with van der Waals surface area (Å²) in [6.07, 6.45) is 0. The van der Waals surface area contributed by atoms with E-state index in [0.717, 1.165) is 22.1 Å². The molecule has 29 heavy (non-hydrogen) atoms. The smallest absolute Gasteiger partial charge is 0.314 e. The van der Waals surface area contributed by atoms with Crippen molar-refractivity contribution in [3.05, 3.63) is 71.8 Å². The monoisotopic (exact) mass is 389 g/mol. The highest BCUT2D eigenvalue weighted by atomic mass is 16.5. The summed E-state index contributed by atoms with van der Waals surface area (Å²) in [6, 6.07) is 18.1. The molecule has 146 valence electrons. The second kappa shape index (κ2) is 7.39. The molecule has 6 heteroatoms. The van der Waals surface area contributed by atoms with Crippen molar-refractivity contribution >= 4 is 34.1 Å². The molecule has 6 nitrogen and oxygen atoms in total. The van der Waals surface area contributed by atoms with Gasteiger partial charge in [0.05, 0.1) is 24.3 Å². The van der Waals surface area contributed by atoms with Crippen molar-refractivity contribution in [3.8, 4) is 5.75 Å². The third-order valence-electron chi connectivity index (χ3n) is 5.14. The zero-order valence-electron chi connectivity index (χ0n) is 16.0. The second-order valence-electron chi connectivity index (χ2n) is 6.87. The molecule has 0 aromatic heterocycles. The molecule has 1 heterocycles. The summed E-state index contributed by atoms with van der Waals surface area (Å²) < 4.78 is 10.6. The van der Waals surface area contributed by atoms with E-state index in [1.54, 1.807) is 38.3 Å². The first-order valence-electron chi connectivity index (χ1n) is 9.19. The zero-order valence-corrected chi connectivity index (χ0v) is 16.0. The van der Waals surface area contributed by atoms with Crippen LogP contribution < -0.4 is 9.64 Å². The molecular formula is C23H19NO5. The number of Topliss-reactive ketones (excluding diaryl/α,β-unsaturated/α-hetero) is 1. The number of carbonyl (C=O) groups excluding carboxylic acids is 3. The number of hydrogen-bond donors (Lipinski definition) is 0. The first-order chi connectivity index (χ1) is 14.0. The topological polar surface area (TPSA) is 72.9 Å². The van der Waals surface area contributed by atoms with Gasteiger partial charge in [-0.25, -0.2) is 0 Å². The number of ether oxygens (including phenoxy) is 2. The van der Waals surface area contributed by atoms with Crippen LogP contribution in [0.25, 0.3) is 10.8 Å². The molecule has 3 aromatic carbocycles. The summed E-state index contributed by atoms with van der Waals surface area (Å²) in [5.74, 6) is -1.50. The fourth-order valence-corrected chi connectivity index (χ4v) is 3.40. The molecule has 0 spiro atoms. The van der Waals surface area contributed by atoms with Gasteiger partial charge in [0, 0.05) is 0 Å². The fourth-order valence-electron chi connectivity index (χ4n) is 3.40. The van der Waals surface area contributed by atoms with Gasteiger partial charge < -0.3 is 9.47 Å². The molecule has 0 saturated heterocycles. The number of fused-ring (bicyclic) bond motifs is 2. The molecule has 1 aliphatic rings. The van der Waals surface area contributed by atoms with Crippen molar-refractivity contribution in [3.63, 3.8) is 0 Å². The van der Waals surface area contributed by atoms with Gasteiger partial charge >= 0.3 is 11.9 Å². The first kappa shape index (κ1) is 18.7. The zero-order chi connectivity index (χ0) is 20.5. The Morgan fingerprint density at radius 2 is 1.72 bits per heavy atom. The number of amides is 1. The summed E-state index contributed by atoms with van der Waals surface area (Å²) >= 11 is 0. The summed E-state index contributed by atoms with van der Waals surface area (Å²) in [4.78, 5) is 38.0. The van der Waals surface area contributed by atoms with E-state index in [1.807, 2.05) is 36.4 Å². The Bertz CT molecular complexity index is 1140. The molecule has 0 N–H and O–H groups in total. The van der Waals surface area contributed by atoms with Crippen molar-refractivity contribution in [1.29, 1.82) is 0 Å². The number of methoxy groups -OCH3 is 1. The molecule has 0 bridgehead atoms. The van der Waals surface area contributed by atoms with Crippen molar-refractivity contribution in [1.82, 2.24) is 0 Å². The summed E-state index contributed by atoms with van der Waals surface area (Å²) in [5.41, 5.74) is 1.59. The molecule has 3 aromatic rings. The van der Waals surface area contributed by atoms with Crippen LogP contribution in [0.2, 0.25) is 0 Å². The quantitative estimate of drug-likeness (QED) is 0.492. The SMILES string of the molecule is COc1ccc2cc([C@H](C)C(=O)OCN3C(=O)C(=O)c4ccccc43)ccc2c1. The van der Waals surface area contributed by atoms with Crippen LogP contribution >= 0.6 is 0 Å². The van der Waals surface area contributed by atoms with Crippen LogP contribution in [0.15, 0.2) is 60.7 Å². The van der Waals surface area contributed by atoms with E-state index < -0.39 is 23.6 Å². The van der Waals surface area contributed by atoms with Crippen LogP contribution in [0.1, 0.15) is 28.8 Å². The van der Waals surface area contributed by atoms with Crippen LogP contribution in [0.3, 0.4) is 0 Å². The van der Waals surface area contributed by atoms with Crippen LogP contribution in [-0.2, 0) is 14.3 Å². The van der Waals surface area contributed by atoms with Crippen LogP contribution in [0.4, 0.5) is 5.69 Å². The number of rotatable bonds is 5. The molecule has 0 unspecified atom stereocenters. The van der Waals surface area contributed by atoms with Gasteiger partial charge in [-0.1, -0.05) is 36.4 Å². The first-order valence-corrected chi connectivity index (χ1v) is 9.19. The number of anilines is 1. The van der Waals surface area contributed by atoms with Crippen molar-refractivity contribution in [2.75, 3.05) is 18.7 Å². The van der Waals surface area contributed by atoms with Crippen LogP contribution in [0.5, 0.6) is 5.75 Å². The van der Waals surface area contributed by atoms with E-state index in [0.29, 0.717) is 11.3 Å². The van der Waals surface area contributed by atoms with E-state index in [2.05, 4.69) is 0 Å². The number of ketones is 1. The van der Waals surface area contributed by atoms with Gasteiger partial charge in [0.15, 0.2) is 6.73 Å². The standard InChI is InChI=1S/C23H19NO5/c1-14(15-7-8-17-12-18(28-2)10-9-16(17)11-15)23(27)29-13-24-20-6-4-3-5-19(20)21(25)22(24)26/h3-12,14H,13H2,1-2H3/t14-/m0/s1. The Morgan fingerprint density at radius 1 is 1.00 bits per heavy atom. The van der Waals surface area contributed by atoms with Crippen molar-refractivity contribution in [2.45, 2.75) is 12.8 Å². The molecule has 1 atom stereocenters. The maximum Gasteiger partial charge on any atom is 0.314 e. The lowest BCUT2D eigenvalue weighted by atomic mass is 9.98. The normalized spacial score (nSPS) is 14.1. The Balaban J connectivity index is 1.48. The summed E-state index contributed by atoms with van der Waals surface area (Å²) in [5, 5.41) is 1.99. The molecule has 1 aliphatic heterocycles. The Hall–Kier alpha value is -3.67. The molecular weight excluding hydrogens is 370 g/mol. The minimum absolute atomic E-state index is 0.296. The minimum Gasteiger partial charge on any atom is -0.497 e. The molecule has 0 fully saturated rings. The lowest BCUT2D eigenvalue weighted by Gasteiger charge is -2.18. The average molecular weight is 389 g/mol. The second-order valence-corrected chi connectivity index (χ2v) is 6.87. The highest BCUT2D eigenvalue weighted by Gasteiger charge is 2.36. The highest BCUT2D eigenvalue weighted by Crippen LogP contribution is 2.29. The van der Waals surface area contributed by atoms with E-state index in [-0.39, 0.29) is 6.73 Å². The summed E-state index contributed by atoms with van der Waals surface area (Å²) in [7, 11) is 1.62. The van der Waals surface area contributed by atoms with Crippen molar-refractivity contribution in [2.24, 2.45) is 0 Å². The molecule has 0 saturated carbocycles. The number of esters is 1. The number of benzene rings is 3.